The monoisotopic (exact) mass is 560 g/mol. The van der Waals surface area contributed by atoms with E-state index in [0.717, 1.165) is 53.1 Å². The summed E-state index contributed by atoms with van der Waals surface area (Å²) in [4.78, 5) is 23.9. The summed E-state index contributed by atoms with van der Waals surface area (Å²) in [6, 6.07) is 10.3. The normalized spacial score (nSPS) is 15.7. The number of hydrogen-bond acceptors (Lipinski definition) is 8. The molecule has 2 N–H and O–H groups in total. The molecule has 0 radical (unpaired) electrons. The zero-order valence-corrected chi connectivity index (χ0v) is 25.8. The lowest BCUT2D eigenvalue weighted by Crippen LogP contribution is -2.40. The maximum Gasteiger partial charge on any atom is 0.323 e. The van der Waals surface area contributed by atoms with E-state index < -0.39 is 5.60 Å². The van der Waals surface area contributed by atoms with E-state index in [1.54, 1.807) is 7.11 Å². The van der Waals surface area contributed by atoms with Gasteiger partial charge in [0.1, 0.15) is 24.0 Å². The topological polar surface area (TPSA) is 99.8 Å². The van der Waals surface area contributed by atoms with Crippen LogP contribution in [0.15, 0.2) is 30.3 Å². The highest BCUT2D eigenvalue weighted by Crippen LogP contribution is 2.31. The number of ether oxygens (including phenoxy) is 3. The van der Waals surface area contributed by atoms with Crippen LogP contribution in [0.1, 0.15) is 78.3 Å². The number of hydrogen-bond donors (Lipinski definition) is 1. The fraction of sp³-hybridized carbons (Fsp3) is 0.485. The Hall–Kier alpha value is -3.65. The van der Waals surface area contributed by atoms with E-state index in [9.17, 15) is 4.79 Å². The Balaban J connectivity index is 1.54. The molecule has 41 heavy (non-hydrogen) atoms. The number of anilines is 1. The van der Waals surface area contributed by atoms with E-state index in [2.05, 4.69) is 59.9 Å². The van der Waals surface area contributed by atoms with E-state index >= 15 is 0 Å². The number of nitrogens with two attached hydrogens (primary N) is 1. The molecule has 0 bridgehead atoms. The Kier molecular flexibility index (Phi) is 9.22. The van der Waals surface area contributed by atoms with Gasteiger partial charge in [-0.15, -0.1) is 0 Å². The quantitative estimate of drug-likeness (QED) is 0.329. The van der Waals surface area contributed by atoms with Crippen LogP contribution in [0.2, 0.25) is 0 Å². The third-order valence-corrected chi connectivity index (χ3v) is 7.53. The summed E-state index contributed by atoms with van der Waals surface area (Å²) in [6.07, 6.45) is 2.31. The van der Waals surface area contributed by atoms with Gasteiger partial charge < -0.3 is 19.9 Å². The molecule has 0 amide bonds. The summed E-state index contributed by atoms with van der Waals surface area (Å²) in [5.41, 5.74) is 14.0. The van der Waals surface area contributed by atoms with Gasteiger partial charge in [-0.25, -0.2) is 4.98 Å². The zero-order valence-electron chi connectivity index (χ0n) is 25.8. The van der Waals surface area contributed by atoms with Crippen molar-refractivity contribution in [2.45, 2.75) is 92.5 Å². The summed E-state index contributed by atoms with van der Waals surface area (Å²) in [7, 11) is 1.68. The van der Waals surface area contributed by atoms with Crippen molar-refractivity contribution < 1.29 is 19.0 Å². The molecule has 4 rings (SSSR count). The zero-order chi connectivity index (χ0) is 29.9. The Bertz CT molecular complexity index is 1390. The minimum absolute atomic E-state index is 0.152. The fourth-order valence-corrected chi connectivity index (χ4v) is 5.60. The van der Waals surface area contributed by atoms with Crippen LogP contribution >= 0.6 is 0 Å². The van der Waals surface area contributed by atoms with Gasteiger partial charge in [-0.2, -0.15) is 4.98 Å². The number of nitrogen functional groups attached to an aromatic ring is 1. The van der Waals surface area contributed by atoms with Crippen LogP contribution in [-0.2, 0) is 29.1 Å². The molecule has 0 saturated carbocycles. The van der Waals surface area contributed by atoms with Gasteiger partial charge in [0.15, 0.2) is 0 Å². The van der Waals surface area contributed by atoms with Crippen molar-refractivity contribution in [2.75, 3.05) is 19.4 Å². The maximum absolute atomic E-state index is 12.8. The molecule has 0 spiro atoms. The van der Waals surface area contributed by atoms with Crippen LogP contribution in [0.5, 0.6) is 11.6 Å². The standard InChI is InChI=1S/C33H44N4O4/c1-20-14-21(2)27(22(3)15-20)19-40-30-26(23(4)35-32(34)36-30)17-25-12-11-24(16-29(25)39-8)18-37-13-9-10-28(37)31(38)41-33(5,6)7/h11-12,14-16,28H,9-10,13,17-19H2,1-8H3,(H2,34,35,36)/t28-/m1/s1. The fourth-order valence-electron chi connectivity index (χ4n) is 5.60. The third-order valence-electron chi connectivity index (χ3n) is 7.53. The summed E-state index contributed by atoms with van der Waals surface area (Å²) in [5.74, 6) is 1.28. The Labute approximate surface area is 244 Å². The predicted octanol–water partition coefficient (Wildman–Crippen LogP) is 5.78. The Morgan fingerprint density at radius 2 is 1.76 bits per heavy atom. The second kappa shape index (κ2) is 12.5. The molecule has 1 saturated heterocycles. The van der Waals surface area contributed by atoms with Gasteiger partial charge in [0.05, 0.1) is 12.8 Å². The molecule has 1 aliphatic rings. The largest absolute Gasteiger partial charge is 0.496 e. The third kappa shape index (κ3) is 7.55. The van der Waals surface area contributed by atoms with Crippen molar-refractivity contribution in [1.29, 1.82) is 0 Å². The summed E-state index contributed by atoms with van der Waals surface area (Å²) in [6.45, 7) is 15.8. The molecule has 0 unspecified atom stereocenters. The van der Waals surface area contributed by atoms with Crippen molar-refractivity contribution in [3.05, 3.63) is 75.0 Å². The van der Waals surface area contributed by atoms with Gasteiger partial charge in [-0.3, -0.25) is 9.69 Å². The molecule has 1 aromatic heterocycles. The van der Waals surface area contributed by atoms with Crippen LogP contribution in [-0.4, -0.2) is 46.1 Å². The number of likely N-dealkylation sites (tertiary alicyclic amines) is 1. The number of aromatic nitrogens is 2. The number of carbonyl (C=O) groups excluding carboxylic acids is 1. The highest BCUT2D eigenvalue weighted by Gasteiger charge is 2.34. The average molecular weight is 561 g/mol. The van der Waals surface area contributed by atoms with E-state index in [0.29, 0.717) is 25.5 Å². The van der Waals surface area contributed by atoms with Gasteiger partial charge in [0.25, 0.3) is 0 Å². The predicted molar refractivity (Wildman–Crippen MR) is 161 cm³/mol. The first kappa shape index (κ1) is 30.3. The number of carbonyl (C=O) groups is 1. The molecule has 3 aromatic rings. The number of methoxy groups -OCH3 is 1. The van der Waals surface area contributed by atoms with Crippen LogP contribution < -0.4 is 15.2 Å². The van der Waals surface area contributed by atoms with Crippen LogP contribution in [0.25, 0.3) is 0 Å². The summed E-state index contributed by atoms with van der Waals surface area (Å²) < 4.78 is 17.8. The minimum atomic E-state index is -0.499. The molecular weight excluding hydrogens is 516 g/mol. The van der Waals surface area contributed by atoms with Gasteiger partial charge in [-0.1, -0.05) is 29.8 Å². The minimum Gasteiger partial charge on any atom is -0.496 e. The van der Waals surface area contributed by atoms with Crippen molar-refractivity contribution in [3.8, 4) is 11.6 Å². The van der Waals surface area contributed by atoms with E-state index in [4.69, 9.17) is 19.9 Å². The molecule has 1 fully saturated rings. The van der Waals surface area contributed by atoms with Crippen molar-refractivity contribution in [3.63, 3.8) is 0 Å². The molecule has 1 atom stereocenters. The molecule has 2 heterocycles. The van der Waals surface area contributed by atoms with Gasteiger partial charge in [-0.05, 0) is 102 Å². The maximum atomic E-state index is 12.8. The smallest absolute Gasteiger partial charge is 0.323 e. The molecule has 0 aliphatic carbocycles. The number of aryl methyl sites for hydroxylation is 4. The van der Waals surface area contributed by atoms with E-state index in [-0.39, 0.29) is 18.0 Å². The first-order valence-electron chi connectivity index (χ1n) is 14.3. The van der Waals surface area contributed by atoms with Crippen molar-refractivity contribution in [1.82, 2.24) is 14.9 Å². The number of benzene rings is 2. The highest BCUT2D eigenvalue weighted by molar-refractivity contribution is 5.76. The van der Waals surface area contributed by atoms with Crippen LogP contribution in [0.3, 0.4) is 0 Å². The first-order valence-corrected chi connectivity index (χ1v) is 14.3. The highest BCUT2D eigenvalue weighted by atomic mass is 16.6. The number of nitrogens with zero attached hydrogens (tertiary/aromatic N) is 3. The lowest BCUT2D eigenvalue weighted by Gasteiger charge is -2.27. The van der Waals surface area contributed by atoms with Gasteiger partial charge >= 0.3 is 5.97 Å². The van der Waals surface area contributed by atoms with Crippen molar-refractivity contribution in [2.24, 2.45) is 0 Å². The van der Waals surface area contributed by atoms with Crippen LogP contribution in [0, 0.1) is 27.7 Å². The second-order valence-corrected chi connectivity index (χ2v) is 12.1. The summed E-state index contributed by atoms with van der Waals surface area (Å²) >= 11 is 0. The van der Waals surface area contributed by atoms with Gasteiger partial charge in [0, 0.05) is 18.5 Å². The summed E-state index contributed by atoms with van der Waals surface area (Å²) in [5, 5.41) is 0. The average Bonchev–Trinajstić information content (AvgIpc) is 3.33. The van der Waals surface area contributed by atoms with E-state index in [1.165, 1.54) is 16.7 Å². The van der Waals surface area contributed by atoms with Crippen LogP contribution in [0.4, 0.5) is 5.95 Å². The van der Waals surface area contributed by atoms with Crippen molar-refractivity contribution >= 4 is 11.9 Å². The lowest BCUT2D eigenvalue weighted by molar-refractivity contribution is -0.160. The number of rotatable bonds is 9. The first-order chi connectivity index (χ1) is 19.3. The van der Waals surface area contributed by atoms with E-state index in [1.807, 2.05) is 33.8 Å². The number of esters is 1. The molecule has 8 heteroatoms. The molecule has 1 aliphatic heterocycles. The Morgan fingerprint density at radius 3 is 2.41 bits per heavy atom. The molecule has 220 valence electrons. The second-order valence-electron chi connectivity index (χ2n) is 12.1. The lowest BCUT2D eigenvalue weighted by atomic mass is 10.0. The SMILES string of the molecule is COc1cc(CN2CCC[C@@H]2C(=O)OC(C)(C)C)ccc1Cc1c(C)nc(N)nc1OCc1c(C)cc(C)cc1C. The molecule has 8 nitrogen and oxygen atoms in total. The van der Waals surface area contributed by atoms with Gasteiger partial charge in [0.2, 0.25) is 11.8 Å². The molecule has 2 aromatic carbocycles. The Morgan fingerprint density at radius 1 is 1.05 bits per heavy atom. The molecular formula is C33H44N4O4.